The summed E-state index contributed by atoms with van der Waals surface area (Å²) in [5.41, 5.74) is 0.0712. The zero-order valence-corrected chi connectivity index (χ0v) is 5.80. The van der Waals surface area contributed by atoms with Gasteiger partial charge in [-0.1, -0.05) is 6.08 Å². The maximum absolute atomic E-state index is 9.06. The van der Waals surface area contributed by atoms with E-state index in [4.69, 9.17) is 5.21 Å². The van der Waals surface area contributed by atoms with Gasteiger partial charge in [-0.25, -0.2) is 0 Å². The topological polar surface area (TPSA) is 23.5 Å². The second-order valence-corrected chi connectivity index (χ2v) is 2.74. The Hall–Kier alpha value is -0.340. The summed E-state index contributed by atoms with van der Waals surface area (Å²) in [6.07, 6.45) is 4.97. The third kappa shape index (κ3) is 1.14. The lowest BCUT2D eigenvalue weighted by Crippen LogP contribution is -2.29. The van der Waals surface area contributed by atoms with Crippen molar-refractivity contribution < 1.29 is 5.21 Å². The molecule has 9 heavy (non-hydrogen) atoms. The van der Waals surface area contributed by atoms with E-state index in [1.807, 2.05) is 6.08 Å². The van der Waals surface area contributed by atoms with Crippen molar-refractivity contribution in [2.24, 2.45) is 0 Å². The fraction of sp³-hybridized carbons (Fsp3) is 0.714. The van der Waals surface area contributed by atoms with Crippen molar-refractivity contribution in [2.45, 2.75) is 24.8 Å². The molecule has 1 aliphatic carbocycles. The zero-order chi connectivity index (χ0) is 6.91. The Labute approximate surface area is 55.7 Å². The van der Waals surface area contributed by atoms with Crippen molar-refractivity contribution in [3.63, 3.8) is 0 Å². The van der Waals surface area contributed by atoms with Crippen LogP contribution in [-0.2, 0) is 0 Å². The highest BCUT2D eigenvalue weighted by molar-refractivity contribution is 5.03. The number of hydrogen-bond donors (Lipinski definition) is 1. The molecule has 0 aliphatic heterocycles. The molecule has 0 aromatic carbocycles. The Bertz CT molecular complexity index is 116. The lowest BCUT2D eigenvalue weighted by atomic mass is 10.2. The van der Waals surface area contributed by atoms with E-state index in [-0.39, 0.29) is 5.54 Å². The summed E-state index contributed by atoms with van der Waals surface area (Å²) in [5, 5.41) is 10.4. The third-order valence-corrected chi connectivity index (χ3v) is 2.04. The zero-order valence-electron chi connectivity index (χ0n) is 5.80. The van der Waals surface area contributed by atoms with E-state index in [0.717, 1.165) is 19.3 Å². The molecule has 0 heterocycles. The van der Waals surface area contributed by atoms with Gasteiger partial charge in [0.05, 0.1) is 0 Å². The highest BCUT2D eigenvalue weighted by Gasteiger charge is 2.44. The normalized spacial score (nSPS) is 22.1. The van der Waals surface area contributed by atoms with Crippen molar-refractivity contribution in [2.75, 3.05) is 7.05 Å². The van der Waals surface area contributed by atoms with Crippen LogP contribution in [-0.4, -0.2) is 22.9 Å². The van der Waals surface area contributed by atoms with Crippen molar-refractivity contribution in [1.82, 2.24) is 5.06 Å². The highest BCUT2D eigenvalue weighted by atomic mass is 16.5. The number of hydrogen-bond acceptors (Lipinski definition) is 2. The van der Waals surface area contributed by atoms with Gasteiger partial charge in [0.2, 0.25) is 0 Å². The molecule has 0 saturated heterocycles. The molecule has 0 unspecified atom stereocenters. The first-order valence-corrected chi connectivity index (χ1v) is 3.25. The summed E-state index contributed by atoms with van der Waals surface area (Å²) in [4.78, 5) is 0. The van der Waals surface area contributed by atoms with Crippen molar-refractivity contribution in [1.29, 1.82) is 0 Å². The lowest BCUT2D eigenvalue weighted by molar-refractivity contribution is -0.113. The number of nitrogens with zero attached hydrogens (tertiary/aromatic N) is 1. The van der Waals surface area contributed by atoms with Gasteiger partial charge in [0, 0.05) is 12.6 Å². The Morgan fingerprint density at radius 2 is 2.33 bits per heavy atom. The molecule has 52 valence electrons. The molecular formula is C7H13NO. The molecule has 0 atom stereocenters. The predicted octanol–water partition coefficient (Wildman–Crippen LogP) is 1.42. The minimum absolute atomic E-state index is 0.0712. The van der Waals surface area contributed by atoms with E-state index in [1.165, 1.54) is 5.06 Å². The van der Waals surface area contributed by atoms with Crippen LogP contribution in [0.2, 0.25) is 0 Å². The standard InChI is InChI=1S/C7H13NO/c1-3-4-7(5-6-7)8(2)9/h3,9H,1,4-6H2,2H3. The second kappa shape index (κ2) is 2.12. The molecule has 0 amide bonds. The summed E-state index contributed by atoms with van der Waals surface area (Å²) in [7, 11) is 1.70. The van der Waals surface area contributed by atoms with E-state index >= 15 is 0 Å². The molecule has 1 fully saturated rings. The fourth-order valence-corrected chi connectivity index (χ4v) is 1.07. The Morgan fingerprint density at radius 1 is 1.78 bits per heavy atom. The second-order valence-electron chi connectivity index (χ2n) is 2.74. The van der Waals surface area contributed by atoms with E-state index < -0.39 is 0 Å². The fourth-order valence-electron chi connectivity index (χ4n) is 1.07. The smallest absolute Gasteiger partial charge is 0.0492 e. The summed E-state index contributed by atoms with van der Waals surface area (Å²) in [6, 6.07) is 0. The van der Waals surface area contributed by atoms with E-state index in [1.54, 1.807) is 7.05 Å². The summed E-state index contributed by atoms with van der Waals surface area (Å²) < 4.78 is 0. The molecule has 2 heteroatoms. The van der Waals surface area contributed by atoms with Crippen LogP contribution in [0.3, 0.4) is 0 Å². The van der Waals surface area contributed by atoms with Crippen molar-refractivity contribution in [3.8, 4) is 0 Å². The van der Waals surface area contributed by atoms with E-state index in [0.29, 0.717) is 0 Å². The van der Waals surface area contributed by atoms with Gasteiger partial charge < -0.3 is 5.21 Å². The Kier molecular flexibility index (Phi) is 1.60. The third-order valence-electron chi connectivity index (χ3n) is 2.04. The molecule has 0 spiro atoms. The summed E-state index contributed by atoms with van der Waals surface area (Å²) in [5.74, 6) is 0. The average Bonchev–Trinajstić information content (AvgIpc) is 2.49. The molecule has 2 nitrogen and oxygen atoms in total. The van der Waals surface area contributed by atoms with Crippen LogP contribution < -0.4 is 0 Å². The summed E-state index contributed by atoms with van der Waals surface area (Å²) in [6.45, 7) is 3.63. The van der Waals surface area contributed by atoms with Gasteiger partial charge in [0.25, 0.3) is 0 Å². The summed E-state index contributed by atoms with van der Waals surface area (Å²) >= 11 is 0. The van der Waals surface area contributed by atoms with Gasteiger partial charge in [-0.05, 0) is 19.3 Å². The van der Waals surface area contributed by atoms with Crippen LogP contribution in [0.15, 0.2) is 12.7 Å². The molecular weight excluding hydrogens is 114 g/mol. The predicted molar refractivity (Wildman–Crippen MR) is 36.3 cm³/mol. The van der Waals surface area contributed by atoms with Crippen LogP contribution in [0.5, 0.6) is 0 Å². The quantitative estimate of drug-likeness (QED) is 0.457. The van der Waals surface area contributed by atoms with Crippen LogP contribution >= 0.6 is 0 Å². The molecule has 0 radical (unpaired) electrons. The van der Waals surface area contributed by atoms with Crippen molar-refractivity contribution in [3.05, 3.63) is 12.7 Å². The van der Waals surface area contributed by atoms with Gasteiger partial charge in [-0.15, -0.1) is 6.58 Å². The molecule has 1 aliphatic rings. The maximum atomic E-state index is 9.06. The monoisotopic (exact) mass is 127 g/mol. The first kappa shape index (κ1) is 6.78. The first-order valence-electron chi connectivity index (χ1n) is 3.25. The molecule has 0 aromatic rings. The molecule has 0 aromatic heterocycles. The molecule has 1 saturated carbocycles. The van der Waals surface area contributed by atoms with E-state index in [2.05, 4.69) is 6.58 Å². The molecule has 0 bridgehead atoms. The van der Waals surface area contributed by atoms with Gasteiger partial charge in [0.15, 0.2) is 0 Å². The minimum atomic E-state index is 0.0712. The Morgan fingerprint density at radius 3 is 2.44 bits per heavy atom. The maximum Gasteiger partial charge on any atom is 0.0492 e. The minimum Gasteiger partial charge on any atom is -0.314 e. The highest BCUT2D eigenvalue weighted by Crippen LogP contribution is 2.42. The van der Waals surface area contributed by atoms with Crippen LogP contribution in [0.25, 0.3) is 0 Å². The lowest BCUT2D eigenvalue weighted by Gasteiger charge is -2.19. The molecule has 1 rings (SSSR count). The van der Waals surface area contributed by atoms with Crippen LogP contribution in [0.1, 0.15) is 19.3 Å². The average molecular weight is 127 g/mol. The van der Waals surface area contributed by atoms with Gasteiger partial charge >= 0.3 is 0 Å². The largest absolute Gasteiger partial charge is 0.314 e. The first-order chi connectivity index (χ1) is 4.21. The van der Waals surface area contributed by atoms with Crippen LogP contribution in [0.4, 0.5) is 0 Å². The molecule has 1 N–H and O–H groups in total. The number of hydroxylamine groups is 2. The number of rotatable bonds is 3. The SMILES string of the molecule is C=CCC1(N(C)O)CC1. The van der Waals surface area contributed by atoms with Crippen molar-refractivity contribution >= 4 is 0 Å². The van der Waals surface area contributed by atoms with E-state index in [9.17, 15) is 0 Å². The van der Waals surface area contributed by atoms with Gasteiger partial charge in [-0.3, -0.25) is 0 Å². The van der Waals surface area contributed by atoms with Gasteiger partial charge in [0.1, 0.15) is 0 Å². The van der Waals surface area contributed by atoms with Crippen LogP contribution in [0, 0.1) is 0 Å². The van der Waals surface area contributed by atoms with Gasteiger partial charge in [-0.2, -0.15) is 5.06 Å². The Balaban J connectivity index is 2.42.